The Kier molecular flexibility index (Phi) is 6.24. The van der Waals surface area contributed by atoms with E-state index in [9.17, 15) is 4.79 Å². The van der Waals surface area contributed by atoms with Gasteiger partial charge in [0.1, 0.15) is 0 Å². The van der Waals surface area contributed by atoms with E-state index in [1.807, 2.05) is 20.8 Å². The molecule has 0 aliphatic rings. The van der Waals surface area contributed by atoms with Crippen LogP contribution in [0.3, 0.4) is 0 Å². The van der Waals surface area contributed by atoms with E-state index in [0.29, 0.717) is 13.2 Å². The van der Waals surface area contributed by atoms with Gasteiger partial charge in [0.2, 0.25) is 5.91 Å². The number of carbonyl (C=O) groups is 1. The van der Waals surface area contributed by atoms with Gasteiger partial charge in [-0.25, -0.2) is 0 Å². The lowest BCUT2D eigenvalue weighted by atomic mass is 10.4. The lowest BCUT2D eigenvalue weighted by Crippen LogP contribution is -2.29. The number of likely N-dealkylation sites (N-methyl/N-ethyl adjacent to an activating group) is 1. The fraction of sp³-hybridized carbons (Fsp3) is 0.700. The van der Waals surface area contributed by atoms with Crippen LogP contribution in [0.1, 0.15) is 20.8 Å². The van der Waals surface area contributed by atoms with Crippen LogP contribution in [0.4, 0.5) is 0 Å². The summed E-state index contributed by atoms with van der Waals surface area (Å²) in [4.78, 5) is 12.8. The lowest BCUT2D eigenvalue weighted by Gasteiger charge is -2.16. The predicted molar refractivity (Wildman–Crippen MR) is 53.5 cm³/mol. The second-order valence-electron chi connectivity index (χ2n) is 3.18. The molecule has 0 bridgehead atoms. The first-order valence-corrected chi connectivity index (χ1v) is 4.57. The van der Waals surface area contributed by atoms with Gasteiger partial charge < -0.3 is 9.64 Å². The second kappa shape index (κ2) is 6.66. The van der Waals surface area contributed by atoms with E-state index in [0.717, 1.165) is 0 Å². The van der Waals surface area contributed by atoms with Crippen molar-refractivity contribution < 1.29 is 9.53 Å². The first-order valence-electron chi connectivity index (χ1n) is 4.57. The van der Waals surface area contributed by atoms with Crippen LogP contribution in [-0.2, 0) is 9.53 Å². The van der Waals surface area contributed by atoms with Gasteiger partial charge in [-0.15, -0.1) is 0 Å². The molecule has 0 saturated heterocycles. The molecule has 0 aliphatic carbocycles. The van der Waals surface area contributed by atoms with E-state index in [-0.39, 0.29) is 12.0 Å². The van der Waals surface area contributed by atoms with Gasteiger partial charge in [0.05, 0.1) is 12.7 Å². The van der Waals surface area contributed by atoms with E-state index in [2.05, 4.69) is 0 Å². The van der Waals surface area contributed by atoms with E-state index in [1.54, 1.807) is 24.1 Å². The molecule has 0 aromatic carbocycles. The standard InChI is InChI=1S/C10H19NO2/c1-5-6-10(12)11(4)7-8-13-9(2)3/h5-6,9H,7-8H2,1-4H3/b6-5+. The molecule has 0 rings (SSSR count). The van der Waals surface area contributed by atoms with E-state index in [4.69, 9.17) is 4.74 Å². The van der Waals surface area contributed by atoms with Gasteiger partial charge in [-0.2, -0.15) is 0 Å². The molecule has 0 N–H and O–H groups in total. The molecule has 0 unspecified atom stereocenters. The molecule has 0 aromatic heterocycles. The summed E-state index contributed by atoms with van der Waals surface area (Å²) in [5.74, 6) is 0.0230. The number of hydrogen-bond donors (Lipinski definition) is 0. The third kappa shape index (κ3) is 6.34. The third-order valence-corrected chi connectivity index (χ3v) is 1.56. The van der Waals surface area contributed by atoms with Crippen LogP contribution in [0.15, 0.2) is 12.2 Å². The second-order valence-corrected chi connectivity index (χ2v) is 3.18. The highest BCUT2D eigenvalue weighted by Gasteiger charge is 2.03. The Balaban J connectivity index is 3.61. The molecule has 0 saturated carbocycles. The topological polar surface area (TPSA) is 29.5 Å². The summed E-state index contributed by atoms with van der Waals surface area (Å²) in [6.07, 6.45) is 3.52. The number of rotatable bonds is 5. The molecule has 3 heteroatoms. The largest absolute Gasteiger partial charge is 0.377 e. The van der Waals surface area contributed by atoms with E-state index in [1.165, 1.54) is 0 Å². The van der Waals surface area contributed by atoms with Crippen LogP contribution in [0.5, 0.6) is 0 Å². The van der Waals surface area contributed by atoms with Crippen LogP contribution < -0.4 is 0 Å². The maximum absolute atomic E-state index is 11.2. The normalized spacial score (nSPS) is 11.2. The van der Waals surface area contributed by atoms with Gasteiger partial charge in [-0.05, 0) is 26.8 Å². The fourth-order valence-electron chi connectivity index (χ4n) is 0.805. The van der Waals surface area contributed by atoms with Gasteiger partial charge in [-0.3, -0.25) is 4.79 Å². The molecular weight excluding hydrogens is 166 g/mol. The zero-order valence-corrected chi connectivity index (χ0v) is 8.91. The van der Waals surface area contributed by atoms with Crippen molar-refractivity contribution in [2.75, 3.05) is 20.2 Å². The Morgan fingerprint density at radius 1 is 1.54 bits per heavy atom. The van der Waals surface area contributed by atoms with Crippen LogP contribution in [0, 0.1) is 0 Å². The van der Waals surface area contributed by atoms with Crippen molar-refractivity contribution in [3.63, 3.8) is 0 Å². The summed E-state index contributed by atoms with van der Waals surface area (Å²) in [5, 5.41) is 0. The summed E-state index contributed by atoms with van der Waals surface area (Å²) < 4.78 is 5.32. The van der Waals surface area contributed by atoms with Crippen molar-refractivity contribution in [2.24, 2.45) is 0 Å². The van der Waals surface area contributed by atoms with Gasteiger partial charge in [-0.1, -0.05) is 6.08 Å². The van der Waals surface area contributed by atoms with Crippen LogP contribution in [0.25, 0.3) is 0 Å². The van der Waals surface area contributed by atoms with Crippen LogP contribution in [-0.4, -0.2) is 37.1 Å². The molecule has 0 atom stereocenters. The molecule has 0 fully saturated rings. The SMILES string of the molecule is C/C=C/C(=O)N(C)CCOC(C)C. The molecule has 76 valence electrons. The molecule has 0 heterocycles. The third-order valence-electron chi connectivity index (χ3n) is 1.56. The highest BCUT2D eigenvalue weighted by molar-refractivity contribution is 5.87. The monoisotopic (exact) mass is 185 g/mol. The van der Waals surface area contributed by atoms with Gasteiger partial charge in [0, 0.05) is 13.6 Å². The van der Waals surface area contributed by atoms with E-state index < -0.39 is 0 Å². The predicted octanol–water partition coefficient (Wildman–Crippen LogP) is 1.45. The number of nitrogens with zero attached hydrogens (tertiary/aromatic N) is 1. The fourth-order valence-corrected chi connectivity index (χ4v) is 0.805. The van der Waals surface area contributed by atoms with Gasteiger partial charge in [0.25, 0.3) is 0 Å². The smallest absolute Gasteiger partial charge is 0.246 e. The maximum atomic E-state index is 11.2. The van der Waals surface area contributed by atoms with Crippen LogP contribution >= 0.6 is 0 Å². The molecule has 0 radical (unpaired) electrons. The zero-order valence-electron chi connectivity index (χ0n) is 8.91. The highest BCUT2D eigenvalue weighted by Crippen LogP contribution is 1.91. The number of carbonyl (C=O) groups excluding carboxylic acids is 1. The van der Waals surface area contributed by atoms with Crippen molar-refractivity contribution >= 4 is 5.91 Å². The molecular formula is C10H19NO2. The summed E-state index contributed by atoms with van der Waals surface area (Å²) in [6, 6.07) is 0. The average Bonchev–Trinajstić information content (AvgIpc) is 2.04. The average molecular weight is 185 g/mol. The minimum Gasteiger partial charge on any atom is -0.377 e. The molecule has 0 aromatic rings. The van der Waals surface area contributed by atoms with Crippen molar-refractivity contribution in [1.82, 2.24) is 4.90 Å². The first-order chi connectivity index (χ1) is 6.07. The Bertz CT molecular complexity index is 176. The minimum atomic E-state index is 0.0230. The van der Waals surface area contributed by atoms with Crippen molar-refractivity contribution in [3.8, 4) is 0 Å². The van der Waals surface area contributed by atoms with Crippen molar-refractivity contribution in [1.29, 1.82) is 0 Å². The lowest BCUT2D eigenvalue weighted by molar-refractivity contribution is -0.125. The molecule has 3 nitrogen and oxygen atoms in total. The Hall–Kier alpha value is -0.830. The van der Waals surface area contributed by atoms with E-state index >= 15 is 0 Å². The van der Waals surface area contributed by atoms with Crippen LogP contribution in [0.2, 0.25) is 0 Å². The molecule has 0 spiro atoms. The summed E-state index contributed by atoms with van der Waals surface area (Å²) in [5.41, 5.74) is 0. The summed E-state index contributed by atoms with van der Waals surface area (Å²) in [7, 11) is 1.77. The zero-order chi connectivity index (χ0) is 10.3. The Morgan fingerprint density at radius 3 is 2.62 bits per heavy atom. The minimum absolute atomic E-state index is 0.0230. The van der Waals surface area contributed by atoms with Gasteiger partial charge >= 0.3 is 0 Å². The molecule has 1 amide bonds. The Labute approximate surface area is 80.4 Å². The number of ether oxygens (including phenoxy) is 1. The Morgan fingerprint density at radius 2 is 2.15 bits per heavy atom. The molecule has 0 aliphatic heterocycles. The van der Waals surface area contributed by atoms with Crippen molar-refractivity contribution in [3.05, 3.63) is 12.2 Å². The highest BCUT2D eigenvalue weighted by atomic mass is 16.5. The number of hydrogen-bond acceptors (Lipinski definition) is 2. The first kappa shape index (κ1) is 12.2. The summed E-state index contributed by atoms with van der Waals surface area (Å²) >= 11 is 0. The maximum Gasteiger partial charge on any atom is 0.246 e. The van der Waals surface area contributed by atoms with Gasteiger partial charge in [0.15, 0.2) is 0 Å². The quantitative estimate of drug-likeness (QED) is 0.607. The number of allylic oxidation sites excluding steroid dienone is 1. The van der Waals surface area contributed by atoms with Crippen molar-refractivity contribution in [2.45, 2.75) is 26.9 Å². The molecule has 13 heavy (non-hydrogen) atoms. The summed E-state index contributed by atoms with van der Waals surface area (Å²) in [6.45, 7) is 7.02. The number of amides is 1.